The molecule has 520 valence electrons. The van der Waals surface area contributed by atoms with Gasteiger partial charge in [0.05, 0.1) is 19.3 Å². The van der Waals surface area contributed by atoms with E-state index in [-0.39, 0.29) is 43.4 Å². The summed E-state index contributed by atoms with van der Waals surface area (Å²) in [5.74, 6) is -10.3. The SMILES string of the molecule is C/C=C/C[C@@H](C)[C@@H](O)[C@H]1C(=O)N[C@@H](CC)C(=O)N(C)[C@H](C)C(=O)N(C)[C@@H]([C@H](C)CN2CCOCC2)C(=O)N[C@@H](C(C)C)C(=O)N(C)[C@@H](CC(C)C)C(=O)N[C@@H](C)C(=O)N[C@H](C)C(=O)N(C)[C@@H](CC(C)C)C(=O)N(C)[C@@H](CC(C)C)C(=O)N(C)[C@@H](C(C)C)C(=O)N1C. The second-order valence-corrected chi connectivity index (χ2v) is 27.7. The van der Waals surface area contributed by atoms with E-state index in [1.807, 2.05) is 54.5 Å². The normalized spacial score (nSPS) is 28.3. The Hall–Kier alpha value is -6.21. The van der Waals surface area contributed by atoms with Gasteiger partial charge in [0.15, 0.2) is 0 Å². The highest BCUT2D eigenvalue weighted by Crippen LogP contribution is 2.26. The number of hydrogen-bond acceptors (Lipinski definition) is 14. The summed E-state index contributed by atoms with van der Waals surface area (Å²) < 4.78 is 5.60. The molecule has 0 bridgehead atoms. The van der Waals surface area contributed by atoms with Gasteiger partial charge in [-0.2, -0.15) is 0 Å². The quantitative estimate of drug-likeness (QED) is 0.139. The fourth-order valence-electron chi connectivity index (χ4n) is 12.1. The maximum absolute atomic E-state index is 15.3. The molecule has 25 nitrogen and oxygen atoms in total. The first-order valence-corrected chi connectivity index (χ1v) is 32.9. The number of allylic oxidation sites excluding steroid dienone is 2. The minimum absolute atomic E-state index is 0.00497. The molecule has 0 aromatic carbocycles. The Balaban J connectivity index is 3.04. The highest BCUT2D eigenvalue weighted by Gasteiger charge is 2.46. The molecule has 0 unspecified atom stereocenters. The number of rotatable bonds is 16. The minimum atomic E-state index is -1.63. The van der Waals surface area contributed by atoms with Gasteiger partial charge in [0.25, 0.3) is 0 Å². The summed E-state index contributed by atoms with van der Waals surface area (Å²) in [7, 11) is 10.00. The van der Waals surface area contributed by atoms with E-state index in [9.17, 15) is 33.9 Å². The van der Waals surface area contributed by atoms with E-state index in [2.05, 4.69) is 26.2 Å². The lowest BCUT2D eigenvalue weighted by molar-refractivity contribution is -0.157. The molecule has 2 fully saturated rings. The van der Waals surface area contributed by atoms with Crippen LogP contribution < -0.4 is 21.3 Å². The van der Waals surface area contributed by atoms with Crippen LogP contribution in [-0.2, 0) is 57.5 Å². The second-order valence-electron chi connectivity index (χ2n) is 27.7. The van der Waals surface area contributed by atoms with Gasteiger partial charge in [0.1, 0.15) is 66.5 Å². The van der Waals surface area contributed by atoms with E-state index in [0.717, 1.165) is 4.90 Å². The van der Waals surface area contributed by atoms with Crippen LogP contribution in [0.3, 0.4) is 0 Å². The Kier molecular flexibility index (Phi) is 32.8. The summed E-state index contributed by atoms with van der Waals surface area (Å²) in [6, 6.07) is -13.8. The Morgan fingerprint density at radius 3 is 1.42 bits per heavy atom. The van der Waals surface area contributed by atoms with Crippen LogP contribution in [0, 0.1) is 41.4 Å². The number of aliphatic hydroxyl groups is 1. The maximum atomic E-state index is 15.3. The molecule has 0 aromatic rings. The highest BCUT2D eigenvalue weighted by molar-refractivity contribution is 6.00. The third-order valence-corrected chi connectivity index (χ3v) is 18.0. The number of ether oxygens (including phenoxy) is 1. The lowest BCUT2D eigenvalue weighted by Gasteiger charge is -2.41. The van der Waals surface area contributed by atoms with Crippen molar-refractivity contribution in [2.24, 2.45) is 41.4 Å². The molecule has 0 spiro atoms. The van der Waals surface area contributed by atoms with Gasteiger partial charge < -0.3 is 65.4 Å². The van der Waals surface area contributed by atoms with Crippen molar-refractivity contribution >= 4 is 65.0 Å². The number of amides is 11. The molecule has 91 heavy (non-hydrogen) atoms. The standard InChI is InChI=1S/C66H118N12O13/c1-25-27-28-42(13)55(79)54-59(83)69-47(26-2)62(86)71(18)46(17)61(85)76(23)53(43(14)36-78-29-31-91-32-30-78)58(82)70-51(40(9)10)65(89)72(19)48(33-37(3)4)57(81)67-44(15)56(80)68-45(16)60(84)73(20)49(34-38(5)6)63(87)74(21)50(35-39(7)8)64(88)75(22)52(41(11)12)66(90)77(54)24/h25,27,37-55,79H,26,28-36H2,1-24H3,(H,67,81)(H,68,80)(H,69,83)(H,70,82)/b27-25+/t42-,43-,44+,45-,46-,47+,48+,49+,50+,51+,52+,53+,54+,55-/m1/s1. The molecule has 2 aliphatic heterocycles. The zero-order valence-corrected chi connectivity index (χ0v) is 59.6. The van der Waals surface area contributed by atoms with Gasteiger partial charge in [0.2, 0.25) is 65.0 Å². The Bertz CT molecular complexity index is 2500. The molecule has 2 heterocycles. The van der Waals surface area contributed by atoms with Crippen molar-refractivity contribution in [1.82, 2.24) is 60.5 Å². The topological polar surface area (TPSA) is 291 Å². The van der Waals surface area contributed by atoms with Gasteiger partial charge >= 0.3 is 0 Å². The molecule has 2 rings (SSSR count). The zero-order chi connectivity index (χ0) is 70.0. The van der Waals surface area contributed by atoms with Gasteiger partial charge in [-0.05, 0) is 101 Å². The van der Waals surface area contributed by atoms with E-state index < -0.39 is 161 Å². The number of morpholine rings is 1. The molecule has 5 N–H and O–H groups in total. The Labute approximate surface area is 544 Å². The maximum Gasteiger partial charge on any atom is 0.246 e. The van der Waals surface area contributed by atoms with Crippen molar-refractivity contribution in [2.75, 3.05) is 82.2 Å². The molecule has 0 saturated carbocycles. The van der Waals surface area contributed by atoms with Crippen LogP contribution in [0.25, 0.3) is 0 Å². The molecular weight excluding hydrogens is 1170 g/mol. The smallest absolute Gasteiger partial charge is 0.246 e. The zero-order valence-electron chi connectivity index (χ0n) is 59.6. The van der Waals surface area contributed by atoms with Crippen LogP contribution in [0.2, 0.25) is 0 Å². The molecule has 2 aliphatic rings. The first-order valence-electron chi connectivity index (χ1n) is 32.9. The van der Waals surface area contributed by atoms with E-state index in [0.29, 0.717) is 39.3 Å². The molecular formula is C66H118N12O13. The fourth-order valence-corrected chi connectivity index (χ4v) is 12.1. The number of likely N-dealkylation sites (N-methyl/N-ethyl adjacent to an activating group) is 7. The number of nitrogens with one attached hydrogen (secondary N) is 4. The molecule has 25 heteroatoms. The van der Waals surface area contributed by atoms with E-state index >= 15 is 24.0 Å². The predicted octanol–water partition coefficient (Wildman–Crippen LogP) is 2.58. The lowest BCUT2D eigenvalue weighted by Crippen LogP contribution is -2.64. The molecule has 0 aliphatic carbocycles. The van der Waals surface area contributed by atoms with Crippen molar-refractivity contribution < 1.29 is 62.6 Å². The van der Waals surface area contributed by atoms with Crippen LogP contribution in [0.5, 0.6) is 0 Å². The molecule has 0 aromatic heterocycles. The van der Waals surface area contributed by atoms with Crippen LogP contribution in [0.4, 0.5) is 0 Å². The average Bonchev–Trinajstić information content (AvgIpc) is 2.18. The number of aliphatic hydroxyl groups excluding tert-OH is 1. The van der Waals surface area contributed by atoms with Crippen LogP contribution in [-0.4, -0.2) is 264 Å². The van der Waals surface area contributed by atoms with Gasteiger partial charge in [-0.15, -0.1) is 0 Å². The Morgan fingerprint density at radius 2 is 0.934 bits per heavy atom. The lowest BCUT2D eigenvalue weighted by atomic mass is 9.91. The molecule has 2 saturated heterocycles. The van der Waals surface area contributed by atoms with Crippen molar-refractivity contribution in [1.29, 1.82) is 0 Å². The third-order valence-electron chi connectivity index (χ3n) is 18.0. The first kappa shape index (κ1) is 80.9. The number of carbonyl (C=O) groups excluding carboxylic acids is 11. The monoisotopic (exact) mass is 1290 g/mol. The van der Waals surface area contributed by atoms with E-state index in [1.54, 1.807) is 54.5 Å². The third kappa shape index (κ3) is 22.0. The fraction of sp³-hybridized carbons (Fsp3) is 0.803. The van der Waals surface area contributed by atoms with Crippen molar-refractivity contribution in [2.45, 2.75) is 222 Å². The molecule has 11 amide bonds. The van der Waals surface area contributed by atoms with E-state index in [4.69, 9.17) is 4.74 Å². The largest absolute Gasteiger partial charge is 0.390 e. The summed E-state index contributed by atoms with van der Waals surface area (Å²) in [5, 5.41) is 23.3. The van der Waals surface area contributed by atoms with Crippen LogP contribution in [0.1, 0.15) is 150 Å². The first-order chi connectivity index (χ1) is 42.2. The van der Waals surface area contributed by atoms with Crippen LogP contribution >= 0.6 is 0 Å². The Morgan fingerprint density at radius 1 is 0.484 bits per heavy atom. The van der Waals surface area contributed by atoms with Crippen molar-refractivity contribution in [3.8, 4) is 0 Å². The van der Waals surface area contributed by atoms with Gasteiger partial charge in [0, 0.05) is 69.0 Å². The van der Waals surface area contributed by atoms with Gasteiger partial charge in [-0.1, -0.05) is 102 Å². The summed E-state index contributed by atoms with van der Waals surface area (Å²) in [5.41, 5.74) is 0. The number of hydrogen-bond donors (Lipinski definition) is 5. The summed E-state index contributed by atoms with van der Waals surface area (Å²) in [6.07, 6.45) is 2.83. The number of carbonyl (C=O) groups is 11. The van der Waals surface area contributed by atoms with Gasteiger partial charge in [-0.25, -0.2) is 0 Å². The summed E-state index contributed by atoms with van der Waals surface area (Å²) in [4.78, 5) is 174. The predicted molar refractivity (Wildman–Crippen MR) is 350 cm³/mol. The van der Waals surface area contributed by atoms with Crippen molar-refractivity contribution in [3.05, 3.63) is 12.2 Å². The highest BCUT2D eigenvalue weighted by atomic mass is 16.5. The minimum Gasteiger partial charge on any atom is -0.390 e. The summed E-state index contributed by atoms with van der Waals surface area (Å²) in [6.45, 7) is 31.9. The number of nitrogens with zero attached hydrogens (tertiary/aromatic N) is 8. The van der Waals surface area contributed by atoms with Crippen molar-refractivity contribution in [3.63, 3.8) is 0 Å². The molecule has 14 atom stereocenters. The summed E-state index contributed by atoms with van der Waals surface area (Å²) >= 11 is 0. The second kappa shape index (κ2) is 36.9. The van der Waals surface area contributed by atoms with E-state index in [1.165, 1.54) is 99.5 Å². The van der Waals surface area contributed by atoms with Crippen LogP contribution in [0.15, 0.2) is 12.2 Å². The average molecular weight is 1290 g/mol. The van der Waals surface area contributed by atoms with Gasteiger partial charge in [-0.3, -0.25) is 57.6 Å². The molecule has 0 radical (unpaired) electrons.